The van der Waals surface area contributed by atoms with Crippen molar-refractivity contribution in [2.75, 3.05) is 31.7 Å². The molecule has 1 aliphatic carbocycles. The number of carbonyl (C=O) groups is 1. The van der Waals surface area contributed by atoms with Crippen LogP contribution in [0.4, 0.5) is 22.0 Å². The Balaban J connectivity index is 1.47. The van der Waals surface area contributed by atoms with Crippen LogP contribution in [0.15, 0.2) is 59.8 Å². The number of aryl methyl sites for hydroxylation is 1. The summed E-state index contributed by atoms with van der Waals surface area (Å²) in [6, 6.07) is 10.2. The third-order valence-corrected chi connectivity index (χ3v) is 7.12. The highest BCUT2D eigenvalue weighted by molar-refractivity contribution is 5.84. The van der Waals surface area contributed by atoms with E-state index < -0.39 is 17.3 Å². The molecular formula is C30H30FN9O3. The first-order valence-corrected chi connectivity index (χ1v) is 13.7. The van der Waals surface area contributed by atoms with Crippen LogP contribution in [-0.2, 0) is 23.2 Å². The quantitative estimate of drug-likeness (QED) is 0.247. The molecule has 0 atom stereocenters. The molecule has 1 saturated carbocycles. The van der Waals surface area contributed by atoms with Crippen LogP contribution in [0.5, 0.6) is 0 Å². The van der Waals surface area contributed by atoms with Gasteiger partial charge in [0.05, 0.1) is 29.5 Å². The van der Waals surface area contributed by atoms with Crippen molar-refractivity contribution >= 4 is 34.3 Å². The third kappa shape index (κ3) is 5.93. The molecule has 3 heterocycles. The van der Waals surface area contributed by atoms with Crippen LogP contribution >= 0.6 is 0 Å². The first kappa shape index (κ1) is 28.0. The molecule has 0 spiro atoms. The second-order valence-electron chi connectivity index (χ2n) is 10.8. The number of hydrogen-bond donors (Lipinski definition) is 2. The molecule has 0 radical (unpaired) electrons. The Morgan fingerprint density at radius 2 is 2.00 bits per heavy atom. The summed E-state index contributed by atoms with van der Waals surface area (Å²) in [6.07, 6.45) is 6.99. The third-order valence-electron chi connectivity index (χ3n) is 7.12. The summed E-state index contributed by atoms with van der Waals surface area (Å²) >= 11 is 0. The molecule has 6 rings (SSSR count). The smallest absolute Gasteiger partial charge is 0.320 e. The van der Waals surface area contributed by atoms with Crippen LogP contribution in [-0.4, -0.2) is 60.8 Å². The Bertz CT molecular complexity index is 1910. The van der Waals surface area contributed by atoms with E-state index in [1.165, 1.54) is 10.6 Å². The van der Waals surface area contributed by atoms with Crippen LogP contribution in [0.1, 0.15) is 29.9 Å². The molecule has 3 aromatic heterocycles. The SMILES string of the molecule is CN(C)CC(=O)OCc1c(-c2nc(N)nc(Nc3cnn(C)c3)n2)cccc1-n1ccc2cc(C3CC3)cc(F)c2c1=O. The van der Waals surface area contributed by atoms with E-state index in [-0.39, 0.29) is 36.3 Å². The van der Waals surface area contributed by atoms with Gasteiger partial charge in [-0.2, -0.15) is 20.1 Å². The van der Waals surface area contributed by atoms with Gasteiger partial charge in [-0.1, -0.05) is 18.2 Å². The number of carbonyl (C=O) groups excluding carboxylic acids is 1. The van der Waals surface area contributed by atoms with Gasteiger partial charge in [-0.05, 0) is 62.0 Å². The minimum Gasteiger partial charge on any atom is -0.460 e. The first-order chi connectivity index (χ1) is 20.7. The van der Waals surface area contributed by atoms with Crippen molar-refractivity contribution in [3.8, 4) is 17.1 Å². The van der Waals surface area contributed by atoms with Crippen molar-refractivity contribution in [2.24, 2.45) is 7.05 Å². The van der Waals surface area contributed by atoms with Crippen LogP contribution in [0.2, 0.25) is 0 Å². The highest BCUT2D eigenvalue weighted by atomic mass is 19.1. The number of nitrogen functional groups attached to an aromatic ring is 1. The van der Waals surface area contributed by atoms with E-state index in [2.05, 4.69) is 25.4 Å². The summed E-state index contributed by atoms with van der Waals surface area (Å²) < 4.78 is 23.9. The number of rotatable bonds is 9. The fraction of sp³-hybridized carbons (Fsp3) is 0.267. The van der Waals surface area contributed by atoms with E-state index in [4.69, 9.17) is 10.5 Å². The lowest BCUT2D eigenvalue weighted by Crippen LogP contribution is -2.24. The molecule has 12 nitrogen and oxygen atoms in total. The van der Waals surface area contributed by atoms with Gasteiger partial charge >= 0.3 is 5.97 Å². The number of pyridine rings is 1. The predicted molar refractivity (Wildman–Crippen MR) is 160 cm³/mol. The predicted octanol–water partition coefficient (Wildman–Crippen LogP) is 3.52. The number of benzene rings is 2. The molecular weight excluding hydrogens is 553 g/mol. The molecule has 0 bridgehead atoms. The molecule has 43 heavy (non-hydrogen) atoms. The molecule has 0 unspecified atom stereocenters. The summed E-state index contributed by atoms with van der Waals surface area (Å²) in [7, 11) is 5.28. The molecule has 220 valence electrons. The maximum Gasteiger partial charge on any atom is 0.320 e. The van der Waals surface area contributed by atoms with Gasteiger partial charge in [0, 0.05) is 30.6 Å². The standard InChI is InChI=1S/C30H30FN9O3/c1-38(2)15-25(41)43-16-22-21(27-35-29(32)37-30(36-27)34-20-13-33-39(3)14-20)5-4-6-24(22)40-10-9-18-11-19(17-7-8-17)12-23(31)26(18)28(40)42/h4-6,9-14,17H,7-8,15-16H2,1-3H3,(H3,32,34,35,36,37). The van der Waals surface area contributed by atoms with E-state index in [0.29, 0.717) is 33.8 Å². The Hall–Kier alpha value is -5.17. The van der Waals surface area contributed by atoms with Crippen molar-refractivity contribution in [3.63, 3.8) is 0 Å². The maximum absolute atomic E-state index is 15.3. The van der Waals surface area contributed by atoms with Gasteiger partial charge in [0.15, 0.2) is 5.82 Å². The first-order valence-electron chi connectivity index (χ1n) is 13.7. The van der Waals surface area contributed by atoms with E-state index in [9.17, 15) is 9.59 Å². The van der Waals surface area contributed by atoms with Gasteiger partial charge in [-0.15, -0.1) is 0 Å². The van der Waals surface area contributed by atoms with Gasteiger partial charge in [-0.25, -0.2) is 4.39 Å². The molecule has 1 fully saturated rings. The fourth-order valence-corrected chi connectivity index (χ4v) is 4.99. The summed E-state index contributed by atoms with van der Waals surface area (Å²) in [5.74, 6) is -0.378. The van der Waals surface area contributed by atoms with Gasteiger partial charge in [0.25, 0.3) is 5.56 Å². The van der Waals surface area contributed by atoms with Crippen molar-refractivity contribution in [1.29, 1.82) is 0 Å². The lowest BCUT2D eigenvalue weighted by Gasteiger charge is -2.18. The molecule has 2 aromatic carbocycles. The number of hydrogen-bond acceptors (Lipinski definition) is 10. The zero-order valence-corrected chi connectivity index (χ0v) is 23.9. The van der Waals surface area contributed by atoms with Crippen LogP contribution < -0.4 is 16.6 Å². The Labute approximate surface area is 246 Å². The second kappa shape index (κ2) is 11.2. The van der Waals surface area contributed by atoms with Crippen molar-refractivity contribution in [1.82, 2.24) is 34.2 Å². The number of anilines is 3. The monoisotopic (exact) mass is 583 g/mol. The van der Waals surface area contributed by atoms with Crippen molar-refractivity contribution in [3.05, 3.63) is 82.3 Å². The number of nitrogens with one attached hydrogen (secondary N) is 1. The summed E-state index contributed by atoms with van der Waals surface area (Å²) in [6.45, 7) is -0.150. The van der Waals surface area contributed by atoms with Gasteiger partial charge in [-0.3, -0.25) is 23.7 Å². The summed E-state index contributed by atoms with van der Waals surface area (Å²) in [4.78, 5) is 41.1. The average molecular weight is 584 g/mol. The normalized spacial score (nSPS) is 13.0. The van der Waals surface area contributed by atoms with E-state index in [1.807, 2.05) is 6.07 Å². The average Bonchev–Trinajstić information content (AvgIpc) is 3.73. The van der Waals surface area contributed by atoms with E-state index in [0.717, 1.165) is 18.4 Å². The van der Waals surface area contributed by atoms with E-state index >= 15 is 4.39 Å². The number of likely N-dealkylation sites (N-methyl/N-ethyl adjacent to an activating group) is 1. The second-order valence-corrected chi connectivity index (χ2v) is 10.8. The molecule has 0 aliphatic heterocycles. The molecule has 3 N–H and O–H groups in total. The van der Waals surface area contributed by atoms with E-state index in [1.54, 1.807) is 73.6 Å². The minimum absolute atomic E-state index is 0.0137. The van der Waals surface area contributed by atoms with Crippen LogP contribution in [0.3, 0.4) is 0 Å². The zero-order valence-electron chi connectivity index (χ0n) is 23.9. The Morgan fingerprint density at radius 1 is 1.19 bits per heavy atom. The number of halogens is 1. The lowest BCUT2D eigenvalue weighted by atomic mass is 10.0. The molecule has 13 heteroatoms. The highest BCUT2D eigenvalue weighted by Crippen LogP contribution is 2.41. The number of aromatic nitrogens is 6. The van der Waals surface area contributed by atoms with Crippen molar-refractivity contribution in [2.45, 2.75) is 25.4 Å². The topological polar surface area (TPSA) is 146 Å². The number of ether oxygens (including phenoxy) is 1. The Kier molecular flexibility index (Phi) is 7.32. The highest BCUT2D eigenvalue weighted by Gasteiger charge is 2.26. The number of esters is 1. The lowest BCUT2D eigenvalue weighted by molar-refractivity contribution is -0.145. The minimum atomic E-state index is -0.565. The zero-order chi connectivity index (χ0) is 30.2. The van der Waals surface area contributed by atoms with Gasteiger partial charge in [0.2, 0.25) is 11.9 Å². The number of nitrogens with zero attached hydrogens (tertiary/aromatic N) is 7. The fourth-order valence-electron chi connectivity index (χ4n) is 4.99. The molecule has 1 aliphatic rings. The summed E-state index contributed by atoms with van der Waals surface area (Å²) in [5.41, 5.74) is 8.34. The largest absolute Gasteiger partial charge is 0.460 e. The molecule has 5 aromatic rings. The van der Waals surface area contributed by atoms with Gasteiger partial charge < -0.3 is 15.8 Å². The number of fused-ring (bicyclic) bond motifs is 1. The molecule has 0 amide bonds. The summed E-state index contributed by atoms with van der Waals surface area (Å²) in [5, 5.41) is 7.70. The van der Waals surface area contributed by atoms with Crippen LogP contribution in [0.25, 0.3) is 27.8 Å². The number of nitrogens with two attached hydrogens (primary N) is 1. The van der Waals surface area contributed by atoms with Gasteiger partial charge in [0.1, 0.15) is 12.4 Å². The maximum atomic E-state index is 15.3. The van der Waals surface area contributed by atoms with Crippen LogP contribution in [0, 0.1) is 5.82 Å². The Morgan fingerprint density at radius 3 is 2.72 bits per heavy atom. The molecule has 0 saturated heterocycles. The van der Waals surface area contributed by atoms with Crippen molar-refractivity contribution < 1.29 is 13.9 Å².